The molecular weight excluding hydrogens is 228 g/mol. The second-order valence-electron chi connectivity index (χ2n) is 3.82. The molecule has 0 saturated carbocycles. The lowest BCUT2D eigenvalue weighted by molar-refractivity contribution is 0.0677. The van der Waals surface area contributed by atoms with Crippen LogP contribution in [0.4, 0.5) is 0 Å². The Hall–Kier alpha value is -1.13. The fraction of sp³-hybridized carbons (Fsp3) is 0.455. The molecule has 1 aromatic rings. The van der Waals surface area contributed by atoms with Gasteiger partial charge in [-0.1, -0.05) is 11.6 Å². The van der Waals surface area contributed by atoms with Crippen LogP contribution in [-0.2, 0) is 0 Å². The second kappa shape index (κ2) is 4.80. The zero-order valence-corrected chi connectivity index (χ0v) is 9.52. The first-order valence-corrected chi connectivity index (χ1v) is 5.64. The number of amides is 1. The van der Waals surface area contributed by atoms with Crippen molar-refractivity contribution in [1.82, 2.24) is 9.88 Å². The highest BCUT2D eigenvalue weighted by Crippen LogP contribution is 2.22. The minimum Gasteiger partial charge on any atom is -0.394 e. The van der Waals surface area contributed by atoms with Gasteiger partial charge in [0.15, 0.2) is 0 Å². The zero-order chi connectivity index (χ0) is 11.5. The van der Waals surface area contributed by atoms with Crippen molar-refractivity contribution in [2.75, 3.05) is 13.2 Å². The molecule has 1 atom stereocenters. The molecule has 0 unspecified atom stereocenters. The maximum Gasteiger partial charge on any atom is 0.257 e. The summed E-state index contributed by atoms with van der Waals surface area (Å²) in [6, 6.07) is 3.26. The predicted molar refractivity (Wildman–Crippen MR) is 60.4 cm³/mol. The molecular formula is C11H13ClN2O2. The van der Waals surface area contributed by atoms with E-state index in [0.717, 1.165) is 12.8 Å². The number of carbonyl (C=O) groups is 1. The lowest BCUT2D eigenvalue weighted by atomic mass is 10.2. The summed E-state index contributed by atoms with van der Waals surface area (Å²) >= 11 is 5.87. The SMILES string of the molecule is O=C(c1cccnc1Cl)N1CCC[C@H]1CO. The van der Waals surface area contributed by atoms with Crippen LogP contribution in [0, 0.1) is 0 Å². The van der Waals surface area contributed by atoms with E-state index in [0.29, 0.717) is 12.1 Å². The fourth-order valence-corrected chi connectivity index (χ4v) is 2.19. The Balaban J connectivity index is 2.22. The third kappa shape index (κ3) is 2.03. The van der Waals surface area contributed by atoms with E-state index in [1.54, 1.807) is 23.2 Å². The van der Waals surface area contributed by atoms with Crippen molar-refractivity contribution in [2.24, 2.45) is 0 Å². The highest BCUT2D eigenvalue weighted by atomic mass is 35.5. The van der Waals surface area contributed by atoms with Gasteiger partial charge in [0.2, 0.25) is 0 Å². The van der Waals surface area contributed by atoms with Crippen LogP contribution in [0.3, 0.4) is 0 Å². The average Bonchev–Trinajstić information content (AvgIpc) is 2.77. The summed E-state index contributed by atoms with van der Waals surface area (Å²) in [6.07, 6.45) is 3.32. The van der Waals surface area contributed by atoms with Crippen molar-refractivity contribution in [3.8, 4) is 0 Å². The normalized spacial score (nSPS) is 20.1. The highest BCUT2D eigenvalue weighted by molar-refractivity contribution is 6.32. The number of likely N-dealkylation sites (tertiary alicyclic amines) is 1. The van der Waals surface area contributed by atoms with E-state index in [1.807, 2.05) is 0 Å². The number of aliphatic hydroxyl groups excluding tert-OH is 1. The maximum absolute atomic E-state index is 12.1. The summed E-state index contributed by atoms with van der Waals surface area (Å²) in [7, 11) is 0. The summed E-state index contributed by atoms with van der Waals surface area (Å²) < 4.78 is 0. The summed E-state index contributed by atoms with van der Waals surface area (Å²) in [6.45, 7) is 0.679. The first-order valence-electron chi connectivity index (χ1n) is 5.26. The van der Waals surface area contributed by atoms with Crippen LogP contribution in [0.2, 0.25) is 5.15 Å². The van der Waals surface area contributed by atoms with Crippen LogP contribution in [0.5, 0.6) is 0 Å². The van der Waals surface area contributed by atoms with E-state index in [9.17, 15) is 4.79 Å². The van der Waals surface area contributed by atoms with Gasteiger partial charge < -0.3 is 10.0 Å². The first kappa shape index (κ1) is 11.4. The van der Waals surface area contributed by atoms with Crippen molar-refractivity contribution in [3.05, 3.63) is 29.0 Å². The Morgan fingerprint density at radius 3 is 3.19 bits per heavy atom. The fourth-order valence-electron chi connectivity index (χ4n) is 1.99. The van der Waals surface area contributed by atoms with Gasteiger partial charge in [0.05, 0.1) is 18.2 Å². The van der Waals surface area contributed by atoms with Crippen molar-refractivity contribution in [1.29, 1.82) is 0 Å². The molecule has 1 N–H and O–H groups in total. The maximum atomic E-state index is 12.1. The van der Waals surface area contributed by atoms with Crippen LogP contribution in [-0.4, -0.2) is 40.1 Å². The Bertz CT molecular complexity index is 397. The molecule has 0 bridgehead atoms. The Labute approximate surface area is 98.9 Å². The molecule has 16 heavy (non-hydrogen) atoms. The van der Waals surface area contributed by atoms with Gasteiger partial charge >= 0.3 is 0 Å². The van der Waals surface area contributed by atoms with E-state index in [2.05, 4.69) is 4.98 Å². The van der Waals surface area contributed by atoms with E-state index in [1.165, 1.54) is 0 Å². The van der Waals surface area contributed by atoms with Gasteiger partial charge in [-0.25, -0.2) is 4.98 Å². The molecule has 0 radical (unpaired) electrons. The molecule has 2 rings (SSSR count). The number of hydrogen-bond acceptors (Lipinski definition) is 3. The molecule has 0 spiro atoms. The summed E-state index contributed by atoms with van der Waals surface area (Å²) in [5, 5.41) is 9.38. The summed E-state index contributed by atoms with van der Waals surface area (Å²) in [5.74, 6) is -0.144. The smallest absolute Gasteiger partial charge is 0.257 e. The topological polar surface area (TPSA) is 53.4 Å². The lowest BCUT2D eigenvalue weighted by Crippen LogP contribution is -2.37. The first-order chi connectivity index (χ1) is 7.74. The van der Waals surface area contributed by atoms with Crippen molar-refractivity contribution < 1.29 is 9.90 Å². The number of nitrogens with zero attached hydrogens (tertiary/aromatic N) is 2. The molecule has 1 fully saturated rings. The summed E-state index contributed by atoms with van der Waals surface area (Å²) in [4.78, 5) is 17.7. The zero-order valence-electron chi connectivity index (χ0n) is 8.77. The van der Waals surface area contributed by atoms with Gasteiger partial charge in [0.25, 0.3) is 5.91 Å². The molecule has 0 aliphatic carbocycles. The monoisotopic (exact) mass is 240 g/mol. The van der Waals surface area contributed by atoms with Crippen LogP contribution < -0.4 is 0 Å². The molecule has 5 heteroatoms. The highest BCUT2D eigenvalue weighted by Gasteiger charge is 2.29. The van der Waals surface area contributed by atoms with Crippen LogP contribution in [0.25, 0.3) is 0 Å². The van der Waals surface area contributed by atoms with Gasteiger partial charge in [-0.15, -0.1) is 0 Å². The van der Waals surface area contributed by atoms with Gasteiger partial charge in [-0.2, -0.15) is 0 Å². The minimum atomic E-state index is -0.144. The third-order valence-electron chi connectivity index (χ3n) is 2.84. The largest absolute Gasteiger partial charge is 0.394 e. The minimum absolute atomic E-state index is 0.00359. The van der Waals surface area contributed by atoms with Gasteiger partial charge in [-0.3, -0.25) is 4.79 Å². The van der Waals surface area contributed by atoms with E-state index in [-0.39, 0.29) is 23.7 Å². The number of carbonyl (C=O) groups excluding carboxylic acids is 1. The number of hydrogen-bond donors (Lipinski definition) is 1. The lowest BCUT2D eigenvalue weighted by Gasteiger charge is -2.23. The molecule has 0 aromatic carbocycles. The Morgan fingerprint density at radius 2 is 2.50 bits per heavy atom. The number of aromatic nitrogens is 1. The van der Waals surface area contributed by atoms with Crippen molar-refractivity contribution >= 4 is 17.5 Å². The molecule has 4 nitrogen and oxygen atoms in total. The van der Waals surface area contributed by atoms with Crippen LogP contribution >= 0.6 is 11.6 Å². The van der Waals surface area contributed by atoms with Gasteiger partial charge in [0, 0.05) is 12.7 Å². The van der Waals surface area contributed by atoms with Crippen molar-refractivity contribution in [3.63, 3.8) is 0 Å². The molecule has 86 valence electrons. The van der Waals surface area contributed by atoms with E-state index >= 15 is 0 Å². The molecule has 1 saturated heterocycles. The standard InChI is InChI=1S/C11H13ClN2O2/c12-10-9(4-1-5-13-10)11(16)14-6-2-3-8(14)7-15/h1,4-5,8,15H,2-3,6-7H2/t8-/m0/s1. The molecule has 1 aromatic heterocycles. The summed E-state index contributed by atoms with van der Waals surface area (Å²) in [5.41, 5.74) is 0.407. The van der Waals surface area contributed by atoms with Gasteiger partial charge in [0.1, 0.15) is 5.15 Å². The molecule has 1 aliphatic heterocycles. The number of halogens is 1. The third-order valence-corrected chi connectivity index (χ3v) is 3.14. The van der Waals surface area contributed by atoms with E-state index < -0.39 is 0 Å². The number of pyridine rings is 1. The average molecular weight is 241 g/mol. The number of aliphatic hydroxyl groups is 1. The predicted octanol–water partition coefficient (Wildman–Crippen LogP) is 1.33. The Kier molecular flexibility index (Phi) is 3.41. The molecule has 1 aliphatic rings. The Morgan fingerprint density at radius 1 is 1.69 bits per heavy atom. The number of rotatable bonds is 2. The van der Waals surface area contributed by atoms with Gasteiger partial charge in [-0.05, 0) is 25.0 Å². The second-order valence-corrected chi connectivity index (χ2v) is 4.18. The molecule has 2 heterocycles. The quantitative estimate of drug-likeness (QED) is 0.794. The van der Waals surface area contributed by atoms with Crippen molar-refractivity contribution in [2.45, 2.75) is 18.9 Å². The van der Waals surface area contributed by atoms with Crippen LogP contribution in [0.15, 0.2) is 18.3 Å². The van der Waals surface area contributed by atoms with Crippen LogP contribution in [0.1, 0.15) is 23.2 Å². The van der Waals surface area contributed by atoms with E-state index in [4.69, 9.17) is 16.7 Å². The molecule has 1 amide bonds.